The van der Waals surface area contributed by atoms with Crippen LogP contribution in [0.15, 0.2) is 18.2 Å². The van der Waals surface area contributed by atoms with Crippen molar-refractivity contribution in [1.29, 1.82) is 0 Å². The third-order valence-corrected chi connectivity index (χ3v) is 4.38. The predicted molar refractivity (Wildman–Crippen MR) is 83.2 cm³/mol. The quantitative estimate of drug-likeness (QED) is 0.868. The molecule has 0 radical (unpaired) electrons. The largest absolute Gasteiger partial charge is 0.391 e. The minimum absolute atomic E-state index is 0. The highest BCUT2D eigenvalue weighted by Crippen LogP contribution is 2.34. The fourth-order valence-electron chi connectivity index (χ4n) is 2.72. The van der Waals surface area contributed by atoms with Crippen molar-refractivity contribution in [3.8, 4) is 0 Å². The second kappa shape index (κ2) is 7.70. The molecule has 0 saturated heterocycles. The molecule has 0 aromatic heterocycles. The summed E-state index contributed by atoms with van der Waals surface area (Å²) in [5.74, 6) is 0.292. The van der Waals surface area contributed by atoms with Crippen LogP contribution in [0.3, 0.4) is 0 Å². The van der Waals surface area contributed by atoms with E-state index in [0.717, 1.165) is 18.4 Å². The molecule has 5 heteroatoms. The molecular formula is C14H20Cl3NO. The van der Waals surface area contributed by atoms with Gasteiger partial charge in [0.1, 0.15) is 0 Å². The lowest BCUT2D eigenvalue weighted by Crippen LogP contribution is -2.34. The highest BCUT2D eigenvalue weighted by molar-refractivity contribution is 6.35. The molecule has 0 amide bonds. The SMILES string of the molecule is Cl.N[C@H](c1ccc(Cl)cc1Cl)[C@@H](O)C1CCCCC1. The van der Waals surface area contributed by atoms with Gasteiger partial charge in [-0.3, -0.25) is 0 Å². The molecule has 2 atom stereocenters. The molecule has 1 aliphatic rings. The number of aliphatic hydroxyl groups is 1. The Hall–Kier alpha value is 0.01000. The first-order valence-electron chi connectivity index (χ1n) is 6.48. The number of benzene rings is 1. The molecule has 0 heterocycles. The Balaban J connectivity index is 0.00000180. The van der Waals surface area contributed by atoms with Crippen molar-refractivity contribution in [2.75, 3.05) is 0 Å². The van der Waals surface area contributed by atoms with Crippen molar-refractivity contribution in [1.82, 2.24) is 0 Å². The Kier molecular flexibility index (Phi) is 6.92. The summed E-state index contributed by atoms with van der Waals surface area (Å²) < 4.78 is 0. The average molecular weight is 325 g/mol. The zero-order chi connectivity index (χ0) is 13.1. The van der Waals surface area contributed by atoms with E-state index in [-0.39, 0.29) is 12.4 Å². The Labute approximate surface area is 130 Å². The van der Waals surface area contributed by atoms with Crippen molar-refractivity contribution >= 4 is 35.6 Å². The predicted octanol–water partition coefficient (Wildman–Crippen LogP) is 4.36. The molecule has 2 rings (SSSR count). The van der Waals surface area contributed by atoms with Crippen molar-refractivity contribution in [3.63, 3.8) is 0 Å². The standard InChI is InChI=1S/C14H19Cl2NO.ClH/c15-10-6-7-11(12(16)8-10)13(17)14(18)9-4-2-1-3-5-9;/h6-9,13-14,18H,1-5,17H2;1H/t13-,14+;/m1./s1. The fourth-order valence-corrected chi connectivity index (χ4v) is 3.26. The minimum atomic E-state index is -0.524. The third-order valence-electron chi connectivity index (χ3n) is 3.82. The molecule has 1 aliphatic carbocycles. The van der Waals surface area contributed by atoms with E-state index in [1.54, 1.807) is 18.2 Å². The highest BCUT2D eigenvalue weighted by atomic mass is 35.5. The van der Waals surface area contributed by atoms with Crippen LogP contribution < -0.4 is 5.73 Å². The molecular weight excluding hydrogens is 305 g/mol. The number of nitrogens with two attached hydrogens (primary N) is 1. The number of hydrogen-bond donors (Lipinski definition) is 2. The normalized spacial score (nSPS) is 19.6. The van der Waals surface area contributed by atoms with E-state index in [2.05, 4.69) is 0 Å². The lowest BCUT2D eigenvalue weighted by atomic mass is 9.81. The van der Waals surface area contributed by atoms with Crippen LogP contribution in [0.2, 0.25) is 10.0 Å². The van der Waals surface area contributed by atoms with Gasteiger partial charge in [-0.05, 0) is 36.5 Å². The van der Waals surface area contributed by atoms with Gasteiger partial charge in [-0.25, -0.2) is 0 Å². The fraction of sp³-hybridized carbons (Fsp3) is 0.571. The summed E-state index contributed by atoms with van der Waals surface area (Å²) in [4.78, 5) is 0. The summed E-state index contributed by atoms with van der Waals surface area (Å²) in [5.41, 5.74) is 6.92. The van der Waals surface area contributed by atoms with Crippen LogP contribution in [0.4, 0.5) is 0 Å². The van der Waals surface area contributed by atoms with Crippen LogP contribution >= 0.6 is 35.6 Å². The van der Waals surface area contributed by atoms with Crippen LogP contribution in [0.25, 0.3) is 0 Å². The van der Waals surface area contributed by atoms with Crippen molar-refractivity contribution in [2.24, 2.45) is 11.7 Å². The Morgan fingerprint density at radius 3 is 2.37 bits per heavy atom. The number of halogens is 3. The maximum Gasteiger partial charge on any atom is 0.0761 e. The average Bonchev–Trinajstić information content (AvgIpc) is 2.38. The zero-order valence-electron chi connectivity index (χ0n) is 10.7. The van der Waals surface area contributed by atoms with Crippen molar-refractivity contribution < 1.29 is 5.11 Å². The summed E-state index contributed by atoms with van der Waals surface area (Å²) in [6, 6.07) is 4.81. The summed E-state index contributed by atoms with van der Waals surface area (Å²) in [7, 11) is 0. The van der Waals surface area contributed by atoms with Gasteiger partial charge < -0.3 is 10.8 Å². The van der Waals surface area contributed by atoms with Gasteiger partial charge in [0.05, 0.1) is 12.1 Å². The summed E-state index contributed by atoms with van der Waals surface area (Å²) in [5, 5.41) is 11.5. The lowest BCUT2D eigenvalue weighted by Gasteiger charge is -2.31. The minimum Gasteiger partial charge on any atom is -0.391 e. The topological polar surface area (TPSA) is 46.2 Å². The number of hydrogen-bond acceptors (Lipinski definition) is 2. The molecule has 1 aromatic rings. The maximum absolute atomic E-state index is 10.4. The van der Waals surface area contributed by atoms with E-state index >= 15 is 0 Å². The first-order chi connectivity index (χ1) is 8.59. The third kappa shape index (κ3) is 4.24. The van der Waals surface area contributed by atoms with Gasteiger partial charge in [-0.2, -0.15) is 0 Å². The monoisotopic (exact) mass is 323 g/mol. The molecule has 19 heavy (non-hydrogen) atoms. The number of rotatable bonds is 3. The first kappa shape index (κ1) is 17.1. The molecule has 3 N–H and O–H groups in total. The molecule has 0 spiro atoms. The van der Waals surface area contributed by atoms with Gasteiger partial charge in [-0.1, -0.05) is 48.5 Å². The second-order valence-electron chi connectivity index (χ2n) is 5.08. The van der Waals surface area contributed by atoms with Crippen LogP contribution in [0, 0.1) is 5.92 Å². The van der Waals surface area contributed by atoms with Gasteiger partial charge in [0, 0.05) is 10.0 Å². The Morgan fingerprint density at radius 2 is 1.79 bits per heavy atom. The Morgan fingerprint density at radius 1 is 1.16 bits per heavy atom. The van der Waals surface area contributed by atoms with Crippen LogP contribution in [0.1, 0.15) is 43.7 Å². The van der Waals surface area contributed by atoms with Crippen LogP contribution in [-0.4, -0.2) is 11.2 Å². The van der Waals surface area contributed by atoms with Crippen LogP contribution in [0.5, 0.6) is 0 Å². The second-order valence-corrected chi connectivity index (χ2v) is 5.92. The van der Waals surface area contributed by atoms with Crippen molar-refractivity contribution in [3.05, 3.63) is 33.8 Å². The molecule has 1 aromatic carbocycles. The molecule has 108 valence electrons. The smallest absolute Gasteiger partial charge is 0.0761 e. The molecule has 0 bridgehead atoms. The van der Waals surface area contributed by atoms with E-state index in [1.807, 2.05) is 0 Å². The van der Waals surface area contributed by atoms with E-state index < -0.39 is 12.1 Å². The molecule has 0 unspecified atom stereocenters. The number of aliphatic hydroxyl groups excluding tert-OH is 1. The Bertz CT molecular complexity index is 408. The lowest BCUT2D eigenvalue weighted by molar-refractivity contribution is 0.0618. The first-order valence-corrected chi connectivity index (χ1v) is 7.24. The van der Waals surface area contributed by atoms with Crippen molar-refractivity contribution in [2.45, 2.75) is 44.2 Å². The summed E-state index contributed by atoms with van der Waals surface area (Å²) in [6.07, 6.45) is 5.22. The van der Waals surface area contributed by atoms with Gasteiger partial charge >= 0.3 is 0 Å². The molecule has 2 nitrogen and oxygen atoms in total. The van der Waals surface area contributed by atoms with E-state index in [1.165, 1.54) is 19.3 Å². The molecule has 0 aliphatic heterocycles. The molecule has 1 saturated carbocycles. The van der Waals surface area contributed by atoms with E-state index in [9.17, 15) is 5.11 Å². The van der Waals surface area contributed by atoms with Crippen LogP contribution in [-0.2, 0) is 0 Å². The summed E-state index contributed by atoms with van der Waals surface area (Å²) in [6.45, 7) is 0. The summed E-state index contributed by atoms with van der Waals surface area (Å²) >= 11 is 12.0. The molecule has 1 fully saturated rings. The van der Waals surface area contributed by atoms with E-state index in [0.29, 0.717) is 16.0 Å². The van der Waals surface area contributed by atoms with Gasteiger partial charge in [0.2, 0.25) is 0 Å². The van der Waals surface area contributed by atoms with Gasteiger partial charge in [-0.15, -0.1) is 12.4 Å². The van der Waals surface area contributed by atoms with E-state index in [4.69, 9.17) is 28.9 Å². The maximum atomic E-state index is 10.4. The zero-order valence-corrected chi connectivity index (χ0v) is 13.0. The van der Waals surface area contributed by atoms with Gasteiger partial charge in [0.25, 0.3) is 0 Å². The highest BCUT2D eigenvalue weighted by Gasteiger charge is 2.28. The van der Waals surface area contributed by atoms with Gasteiger partial charge in [0.15, 0.2) is 0 Å².